The Balaban J connectivity index is 1.40. The molecule has 1 atom stereocenters. The summed E-state index contributed by atoms with van der Waals surface area (Å²) in [5.41, 5.74) is 3.49. The summed E-state index contributed by atoms with van der Waals surface area (Å²) in [4.78, 5) is 22.0. The Hall–Kier alpha value is -2.18. The van der Waals surface area contributed by atoms with Crippen molar-refractivity contribution in [2.75, 3.05) is 38.2 Å². The van der Waals surface area contributed by atoms with Crippen molar-refractivity contribution in [1.29, 1.82) is 0 Å². The summed E-state index contributed by atoms with van der Waals surface area (Å²) < 4.78 is 5.39. The summed E-state index contributed by atoms with van der Waals surface area (Å²) in [6.07, 6.45) is 5.15. The van der Waals surface area contributed by atoms with Crippen LogP contribution in [0.1, 0.15) is 42.1 Å². The van der Waals surface area contributed by atoms with Crippen molar-refractivity contribution in [1.82, 2.24) is 14.9 Å². The highest BCUT2D eigenvalue weighted by molar-refractivity contribution is 5.38. The van der Waals surface area contributed by atoms with Crippen molar-refractivity contribution >= 4 is 5.95 Å². The lowest BCUT2D eigenvalue weighted by molar-refractivity contribution is 0.0374. The van der Waals surface area contributed by atoms with Gasteiger partial charge in [-0.05, 0) is 49.8 Å². The average molecular weight is 368 g/mol. The molecule has 2 aliphatic rings. The van der Waals surface area contributed by atoms with E-state index in [2.05, 4.69) is 44.5 Å². The molecule has 1 aliphatic carbocycles. The highest BCUT2D eigenvalue weighted by Crippen LogP contribution is 2.31. The number of hydrogen-bond donors (Lipinski definition) is 2. The molecule has 27 heavy (non-hydrogen) atoms. The van der Waals surface area contributed by atoms with Gasteiger partial charge in [-0.25, -0.2) is 4.98 Å². The minimum Gasteiger partial charge on any atom is -0.379 e. The zero-order valence-corrected chi connectivity index (χ0v) is 15.7. The predicted octanol–water partition coefficient (Wildman–Crippen LogP) is 2.52. The Morgan fingerprint density at radius 1 is 1.26 bits per heavy atom. The fourth-order valence-corrected chi connectivity index (χ4v) is 4.08. The molecule has 144 valence electrons. The second kappa shape index (κ2) is 8.67. The molecular weight excluding hydrogens is 340 g/mol. The van der Waals surface area contributed by atoms with Gasteiger partial charge in [-0.3, -0.25) is 14.7 Å². The minimum atomic E-state index is -0.0852. The van der Waals surface area contributed by atoms with Crippen LogP contribution >= 0.6 is 0 Å². The smallest absolute Gasteiger partial charge is 0.252 e. The molecule has 1 saturated heterocycles. The summed E-state index contributed by atoms with van der Waals surface area (Å²) in [5.74, 6) is 0.588. The van der Waals surface area contributed by atoms with E-state index >= 15 is 0 Å². The first kappa shape index (κ1) is 18.2. The number of morpholine rings is 1. The molecular formula is C21H28N4O2. The maximum Gasteiger partial charge on any atom is 0.252 e. The van der Waals surface area contributed by atoms with Crippen LogP contribution in [0.25, 0.3) is 0 Å². The lowest BCUT2D eigenvalue weighted by Gasteiger charge is -2.27. The first-order valence-electron chi connectivity index (χ1n) is 10.0. The van der Waals surface area contributed by atoms with Crippen LogP contribution in [0.4, 0.5) is 5.95 Å². The topological polar surface area (TPSA) is 70.2 Å². The first-order chi connectivity index (χ1) is 13.3. The Bertz CT molecular complexity index is 814. The third-order valence-corrected chi connectivity index (χ3v) is 5.49. The zero-order chi connectivity index (χ0) is 18.5. The number of aromatic nitrogens is 2. The molecule has 6 heteroatoms. The van der Waals surface area contributed by atoms with E-state index in [-0.39, 0.29) is 11.6 Å². The van der Waals surface area contributed by atoms with Crippen LogP contribution in [0.15, 0.2) is 35.1 Å². The quantitative estimate of drug-likeness (QED) is 0.820. The van der Waals surface area contributed by atoms with E-state index < -0.39 is 0 Å². The molecule has 0 spiro atoms. The van der Waals surface area contributed by atoms with E-state index in [1.54, 1.807) is 6.07 Å². The molecule has 1 aliphatic heterocycles. The average Bonchev–Trinajstić information content (AvgIpc) is 2.69. The van der Waals surface area contributed by atoms with Gasteiger partial charge in [0.2, 0.25) is 5.95 Å². The van der Waals surface area contributed by atoms with Gasteiger partial charge >= 0.3 is 0 Å². The SMILES string of the molecule is O=c1cc(CCCN2CCOCC2)nc(NC2CCCc3ccccc32)[nH]1. The maximum absolute atomic E-state index is 12.1. The fraction of sp³-hybridized carbons (Fsp3) is 0.524. The van der Waals surface area contributed by atoms with E-state index in [1.807, 2.05) is 0 Å². The van der Waals surface area contributed by atoms with Gasteiger partial charge < -0.3 is 10.1 Å². The Labute approximate surface area is 160 Å². The van der Waals surface area contributed by atoms with Crippen LogP contribution in [0.2, 0.25) is 0 Å². The van der Waals surface area contributed by atoms with Gasteiger partial charge in [0.15, 0.2) is 0 Å². The van der Waals surface area contributed by atoms with Crippen molar-refractivity contribution in [3.8, 4) is 0 Å². The van der Waals surface area contributed by atoms with Crippen molar-refractivity contribution in [2.24, 2.45) is 0 Å². The number of fused-ring (bicyclic) bond motifs is 1. The number of anilines is 1. The first-order valence-corrected chi connectivity index (χ1v) is 10.0. The van der Waals surface area contributed by atoms with Gasteiger partial charge in [0.25, 0.3) is 5.56 Å². The summed E-state index contributed by atoms with van der Waals surface area (Å²) in [7, 11) is 0. The number of ether oxygens (including phenoxy) is 1. The molecule has 0 saturated carbocycles. The lowest BCUT2D eigenvalue weighted by Crippen LogP contribution is -2.37. The monoisotopic (exact) mass is 368 g/mol. The Morgan fingerprint density at radius 3 is 3.00 bits per heavy atom. The highest BCUT2D eigenvalue weighted by Gasteiger charge is 2.20. The Morgan fingerprint density at radius 2 is 2.11 bits per heavy atom. The number of nitrogens with zero attached hydrogens (tertiary/aromatic N) is 2. The number of nitrogens with one attached hydrogen (secondary N) is 2. The predicted molar refractivity (Wildman–Crippen MR) is 106 cm³/mol. The van der Waals surface area contributed by atoms with Crippen LogP contribution in [0.3, 0.4) is 0 Å². The van der Waals surface area contributed by atoms with Gasteiger partial charge in [0.1, 0.15) is 0 Å². The lowest BCUT2D eigenvalue weighted by atomic mass is 9.88. The van der Waals surface area contributed by atoms with Gasteiger partial charge in [0.05, 0.1) is 19.3 Å². The second-order valence-corrected chi connectivity index (χ2v) is 7.43. The van der Waals surface area contributed by atoms with Gasteiger partial charge in [-0.1, -0.05) is 24.3 Å². The van der Waals surface area contributed by atoms with Crippen LogP contribution < -0.4 is 10.9 Å². The number of rotatable bonds is 6. The molecule has 0 radical (unpaired) electrons. The third-order valence-electron chi connectivity index (χ3n) is 5.49. The van der Waals surface area contributed by atoms with E-state index in [9.17, 15) is 4.79 Å². The molecule has 0 amide bonds. The molecule has 6 nitrogen and oxygen atoms in total. The number of H-pyrrole nitrogens is 1. The van der Waals surface area contributed by atoms with Crippen LogP contribution in [-0.2, 0) is 17.6 Å². The molecule has 2 N–H and O–H groups in total. The van der Waals surface area contributed by atoms with Crippen LogP contribution in [-0.4, -0.2) is 47.7 Å². The highest BCUT2D eigenvalue weighted by atomic mass is 16.5. The molecule has 0 bridgehead atoms. The van der Waals surface area contributed by atoms with Crippen molar-refractivity contribution in [2.45, 2.75) is 38.1 Å². The zero-order valence-electron chi connectivity index (χ0n) is 15.7. The molecule has 4 rings (SSSR count). The maximum atomic E-state index is 12.1. The molecule has 1 fully saturated rings. The third kappa shape index (κ3) is 4.76. The van der Waals surface area contributed by atoms with Gasteiger partial charge in [-0.2, -0.15) is 0 Å². The fourth-order valence-electron chi connectivity index (χ4n) is 4.08. The summed E-state index contributed by atoms with van der Waals surface area (Å²) >= 11 is 0. The van der Waals surface area contributed by atoms with Crippen molar-refractivity contribution in [3.05, 3.63) is 57.5 Å². The standard InChI is InChI=1S/C21H28N4O2/c26-20-15-17(7-4-10-25-11-13-27-14-12-25)22-21(24-20)23-19-9-3-6-16-5-1-2-8-18(16)19/h1-2,5,8,15,19H,3-4,6-7,9-14H2,(H2,22,23,24,26). The molecule has 1 unspecified atom stereocenters. The van der Waals surface area contributed by atoms with E-state index in [4.69, 9.17) is 4.74 Å². The number of hydrogen-bond acceptors (Lipinski definition) is 5. The summed E-state index contributed by atoms with van der Waals surface area (Å²) in [6.45, 7) is 4.66. The Kier molecular flexibility index (Phi) is 5.84. The van der Waals surface area contributed by atoms with Gasteiger partial charge in [0, 0.05) is 24.8 Å². The largest absolute Gasteiger partial charge is 0.379 e. The number of benzene rings is 1. The summed E-state index contributed by atoms with van der Waals surface area (Å²) in [5, 5.41) is 3.46. The van der Waals surface area contributed by atoms with E-state index in [1.165, 1.54) is 11.1 Å². The number of aryl methyl sites for hydroxylation is 2. The van der Waals surface area contributed by atoms with Crippen molar-refractivity contribution in [3.63, 3.8) is 0 Å². The number of aromatic amines is 1. The molecule has 1 aromatic heterocycles. The van der Waals surface area contributed by atoms with Crippen molar-refractivity contribution < 1.29 is 4.74 Å². The van der Waals surface area contributed by atoms with E-state index in [0.29, 0.717) is 5.95 Å². The summed E-state index contributed by atoms with van der Waals surface area (Å²) in [6, 6.07) is 10.4. The molecule has 2 aromatic rings. The second-order valence-electron chi connectivity index (χ2n) is 7.43. The minimum absolute atomic E-state index is 0.0852. The molecule has 2 heterocycles. The van der Waals surface area contributed by atoms with Crippen LogP contribution in [0, 0.1) is 0 Å². The van der Waals surface area contributed by atoms with Gasteiger partial charge in [-0.15, -0.1) is 0 Å². The van der Waals surface area contributed by atoms with E-state index in [0.717, 1.165) is 70.6 Å². The normalized spacial score (nSPS) is 20.2. The van der Waals surface area contributed by atoms with Crippen LogP contribution in [0.5, 0.6) is 0 Å². The molecule has 1 aromatic carbocycles.